The summed E-state index contributed by atoms with van der Waals surface area (Å²) < 4.78 is 0. The number of nitrogens with zero attached hydrogens (tertiary/aromatic N) is 3. The maximum atomic E-state index is 12.6. The summed E-state index contributed by atoms with van der Waals surface area (Å²) in [6, 6.07) is 1.87. The predicted octanol–water partition coefficient (Wildman–Crippen LogP) is 1.89. The lowest BCUT2D eigenvalue weighted by atomic mass is 9.79. The van der Waals surface area contributed by atoms with Crippen LogP contribution in [-0.2, 0) is 0 Å². The number of hydrogen-bond donors (Lipinski definition) is 2. The zero-order chi connectivity index (χ0) is 17.4. The van der Waals surface area contributed by atoms with Crippen molar-refractivity contribution in [3.05, 3.63) is 17.5 Å². The first-order valence-electron chi connectivity index (χ1n) is 8.11. The third-order valence-corrected chi connectivity index (χ3v) is 4.00. The number of hydrogen-bond acceptors (Lipinski definition) is 5. The van der Waals surface area contributed by atoms with Crippen LogP contribution in [0.2, 0.25) is 0 Å². The minimum Gasteiger partial charge on any atom is -0.348 e. The summed E-state index contributed by atoms with van der Waals surface area (Å²) in [5.41, 5.74) is 1.21. The van der Waals surface area contributed by atoms with E-state index in [0.717, 1.165) is 18.5 Å². The van der Waals surface area contributed by atoms with Gasteiger partial charge in [-0.05, 0) is 53.5 Å². The highest BCUT2D eigenvalue weighted by Crippen LogP contribution is 2.28. The lowest BCUT2D eigenvalue weighted by molar-refractivity contribution is 0.0868. The van der Waals surface area contributed by atoms with Gasteiger partial charge in [-0.3, -0.25) is 4.79 Å². The summed E-state index contributed by atoms with van der Waals surface area (Å²) >= 11 is 0. The average molecular weight is 319 g/mol. The van der Waals surface area contributed by atoms with Gasteiger partial charge in [0.1, 0.15) is 5.69 Å². The molecule has 1 fully saturated rings. The Morgan fingerprint density at radius 1 is 1.22 bits per heavy atom. The molecule has 0 atom stereocenters. The highest BCUT2D eigenvalue weighted by molar-refractivity contribution is 5.92. The van der Waals surface area contributed by atoms with E-state index in [-0.39, 0.29) is 23.0 Å². The van der Waals surface area contributed by atoms with Crippen molar-refractivity contribution in [2.75, 3.05) is 19.0 Å². The van der Waals surface area contributed by atoms with E-state index in [1.54, 1.807) is 11.0 Å². The van der Waals surface area contributed by atoms with Crippen molar-refractivity contribution in [3.63, 3.8) is 0 Å². The molecule has 0 unspecified atom stereocenters. The van der Waals surface area contributed by atoms with Gasteiger partial charge in [0.05, 0.1) is 0 Å². The monoisotopic (exact) mass is 319 g/mol. The number of anilines is 1. The molecule has 0 spiro atoms. The lowest BCUT2D eigenvalue weighted by Gasteiger charge is -2.46. The van der Waals surface area contributed by atoms with Crippen molar-refractivity contribution in [2.45, 2.75) is 64.6 Å². The zero-order valence-corrected chi connectivity index (χ0v) is 15.3. The van der Waals surface area contributed by atoms with E-state index < -0.39 is 0 Å². The molecular formula is C17H29N5O. The molecule has 1 aliphatic rings. The van der Waals surface area contributed by atoms with Gasteiger partial charge < -0.3 is 15.5 Å². The second-order valence-corrected chi connectivity index (χ2v) is 8.06. The first kappa shape index (κ1) is 17.7. The van der Waals surface area contributed by atoms with Crippen LogP contribution >= 0.6 is 0 Å². The van der Waals surface area contributed by atoms with E-state index in [1.165, 1.54) is 0 Å². The number of aromatic nitrogens is 2. The number of rotatable bonds is 3. The summed E-state index contributed by atoms with van der Waals surface area (Å²) in [6.07, 6.45) is 1.79. The molecule has 0 saturated carbocycles. The third-order valence-electron chi connectivity index (χ3n) is 4.00. The molecular weight excluding hydrogens is 290 g/mol. The van der Waals surface area contributed by atoms with E-state index in [4.69, 9.17) is 0 Å². The molecule has 0 aliphatic carbocycles. The molecule has 6 heteroatoms. The molecule has 2 heterocycles. The van der Waals surface area contributed by atoms with Gasteiger partial charge in [0, 0.05) is 36.9 Å². The predicted molar refractivity (Wildman–Crippen MR) is 92.9 cm³/mol. The Bertz CT molecular complexity index is 579. The topological polar surface area (TPSA) is 70.2 Å². The molecule has 1 amide bonds. The van der Waals surface area contributed by atoms with Gasteiger partial charge in [-0.15, -0.1) is 0 Å². The number of carbonyl (C=O) groups excluding carboxylic acids is 1. The average Bonchev–Trinajstić information content (AvgIpc) is 2.33. The SMILES string of the molecule is Cc1cc(C(=O)NC2CC(C)(C)NC(C)(C)C2)nc(N(C)C)n1. The molecule has 1 saturated heterocycles. The van der Waals surface area contributed by atoms with Crippen LogP contribution < -0.4 is 15.5 Å². The smallest absolute Gasteiger partial charge is 0.270 e. The molecule has 2 rings (SSSR count). The number of nitrogens with one attached hydrogen (secondary N) is 2. The maximum absolute atomic E-state index is 12.6. The van der Waals surface area contributed by atoms with Crippen LogP contribution in [0.5, 0.6) is 0 Å². The van der Waals surface area contributed by atoms with Crippen molar-refractivity contribution in [1.82, 2.24) is 20.6 Å². The van der Waals surface area contributed by atoms with Gasteiger partial charge in [0.2, 0.25) is 5.95 Å². The molecule has 1 aliphatic heterocycles. The molecule has 1 aromatic rings. The number of carbonyl (C=O) groups is 1. The van der Waals surface area contributed by atoms with Crippen molar-refractivity contribution in [3.8, 4) is 0 Å². The van der Waals surface area contributed by atoms with Crippen LogP contribution in [0.4, 0.5) is 5.95 Å². The molecule has 6 nitrogen and oxygen atoms in total. The fourth-order valence-electron chi connectivity index (χ4n) is 3.55. The Labute approximate surface area is 139 Å². The van der Waals surface area contributed by atoms with Gasteiger partial charge in [-0.25, -0.2) is 9.97 Å². The van der Waals surface area contributed by atoms with Crippen LogP contribution in [-0.4, -0.2) is 47.1 Å². The summed E-state index contributed by atoms with van der Waals surface area (Å²) in [5.74, 6) is 0.429. The van der Waals surface area contributed by atoms with Crippen molar-refractivity contribution in [2.24, 2.45) is 0 Å². The van der Waals surface area contributed by atoms with E-state index in [1.807, 2.05) is 21.0 Å². The normalized spacial score (nSPS) is 20.1. The minimum absolute atomic E-state index is 0.00389. The van der Waals surface area contributed by atoms with E-state index in [9.17, 15) is 4.79 Å². The summed E-state index contributed by atoms with van der Waals surface area (Å²) in [5, 5.41) is 6.78. The minimum atomic E-state index is -0.128. The zero-order valence-electron chi connectivity index (χ0n) is 15.3. The Balaban J connectivity index is 2.16. The molecule has 0 aromatic carbocycles. The second-order valence-electron chi connectivity index (χ2n) is 8.06. The second kappa shape index (κ2) is 6.07. The lowest BCUT2D eigenvalue weighted by Crippen LogP contribution is -2.62. The fourth-order valence-corrected chi connectivity index (χ4v) is 3.55. The standard InChI is InChI=1S/C17H29N5O/c1-11-8-13(20-15(18-11)22(6)7)14(23)19-12-9-16(2,3)21-17(4,5)10-12/h8,12,21H,9-10H2,1-7H3,(H,19,23). The highest BCUT2D eigenvalue weighted by atomic mass is 16.2. The molecule has 2 N–H and O–H groups in total. The van der Waals surface area contributed by atoms with Crippen LogP contribution in [0.3, 0.4) is 0 Å². The number of aryl methyl sites for hydroxylation is 1. The van der Waals surface area contributed by atoms with Gasteiger partial charge in [0.15, 0.2) is 0 Å². The van der Waals surface area contributed by atoms with Gasteiger partial charge in [0.25, 0.3) is 5.91 Å². The molecule has 0 radical (unpaired) electrons. The molecule has 1 aromatic heterocycles. The third kappa shape index (κ3) is 4.64. The molecule has 128 valence electrons. The van der Waals surface area contributed by atoms with E-state index in [0.29, 0.717) is 11.6 Å². The van der Waals surface area contributed by atoms with Crippen molar-refractivity contribution < 1.29 is 4.79 Å². The highest BCUT2D eigenvalue weighted by Gasteiger charge is 2.38. The Morgan fingerprint density at radius 3 is 2.30 bits per heavy atom. The summed E-state index contributed by atoms with van der Waals surface area (Å²) in [6.45, 7) is 10.6. The van der Waals surface area contributed by atoms with Gasteiger partial charge >= 0.3 is 0 Å². The van der Waals surface area contributed by atoms with Crippen LogP contribution in [0, 0.1) is 6.92 Å². The van der Waals surface area contributed by atoms with Crippen molar-refractivity contribution >= 4 is 11.9 Å². The summed E-state index contributed by atoms with van der Waals surface area (Å²) in [7, 11) is 3.74. The van der Waals surface area contributed by atoms with Crippen LogP contribution in [0.15, 0.2) is 6.07 Å². The fraction of sp³-hybridized carbons (Fsp3) is 0.706. The molecule has 0 bridgehead atoms. The Hall–Kier alpha value is -1.69. The quantitative estimate of drug-likeness (QED) is 0.890. The van der Waals surface area contributed by atoms with Gasteiger partial charge in [-0.1, -0.05) is 0 Å². The molecule has 23 heavy (non-hydrogen) atoms. The first-order chi connectivity index (χ1) is 10.5. The van der Waals surface area contributed by atoms with Gasteiger partial charge in [-0.2, -0.15) is 0 Å². The maximum Gasteiger partial charge on any atom is 0.270 e. The summed E-state index contributed by atoms with van der Waals surface area (Å²) in [4.78, 5) is 23.1. The first-order valence-corrected chi connectivity index (χ1v) is 8.11. The van der Waals surface area contributed by atoms with Crippen molar-refractivity contribution in [1.29, 1.82) is 0 Å². The van der Waals surface area contributed by atoms with Crippen LogP contribution in [0.1, 0.15) is 56.7 Å². The Morgan fingerprint density at radius 2 is 1.78 bits per heavy atom. The number of piperidine rings is 1. The van der Waals surface area contributed by atoms with Crippen LogP contribution in [0.25, 0.3) is 0 Å². The number of amides is 1. The van der Waals surface area contributed by atoms with E-state index >= 15 is 0 Å². The van der Waals surface area contributed by atoms with E-state index in [2.05, 4.69) is 48.3 Å². The largest absolute Gasteiger partial charge is 0.348 e. The Kier molecular flexibility index (Phi) is 4.66.